The van der Waals surface area contributed by atoms with Crippen molar-refractivity contribution in [3.05, 3.63) is 34.1 Å². The van der Waals surface area contributed by atoms with E-state index in [9.17, 15) is 18.0 Å². The third-order valence-corrected chi connectivity index (χ3v) is 1.66. The van der Waals surface area contributed by atoms with E-state index in [0.717, 1.165) is 0 Å². The monoisotopic (exact) mass is 210 g/mol. The largest absolute Gasteiger partial charge is 0.478 e. The number of benzene rings is 1. The molecule has 1 rings (SSSR count). The van der Waals surface area contributed by atoms with Crippen LogP contribution < -0.4 is 0 Å². The molecule has 0 saturated carbocycles. The number of hydrogen-bond donors (Lipinski definition) is 1. The van der Waals surface area contributed by atoms with Crippen LogP contribution in [-0.2, 0) is 0 Å². The second-order valence-electron chi connectivity index (χ2n) is 2.15. The van der Waals surface area contributed by atoms with Gasteiger partial charge in [-0.2, -0.15) is 0 Å². The third kappa shape index (κ3) is 1.60. The molecule has 1 aromatic carbocycles. The summed E-state index contributed by atoms with van der Waals surface area (Å²) in [6, 6.07) is 0.235. The molecule has 0 radical (unpaired) electrons. The van der Waals surface area contributed by atoms with E-state index in [1.807, 2.05) is 0 Å². The first-order chi connectivity index (χ1) is 5.95. The lowest BCUT2D eigenvalue weighted by Gasteiger charge is -2.01. The molecule has 0 heterocycles. The van der Waals surface area contributed by atoms with E-state index < -0.39 is 34.0 Å². The van der Waals surface area contributed by atoms with Crippen LogP contribution in [0.4, 0.5) is 13.2 Å². The van der Waals surface area contributed by atoms with Gasteiger partial charge in [0, 0.05) is 0 Å². The summed E-state index contributed by atoms with van der Waals surface area (Å²) in [7, 11) is 0. The van der Waals surface area contributed by atoms with Gasteiger partial charge in [-0.05, 0) is 6.07 Å². The molecule has 0 bridgehead atoms. The fraction of sp³-hybridized carbons (Fsp3) is 0. The van der Waals surface area contributed by atoms with E-state index in [4.69, 9.17) is 16.7 Å². The first-order valence-corrected chi connectivity index (χ1v) is 3.39. The Morgan fingerprint density at radius 2 is 1.85 bits per heavy atom. The quantitative estimate of drug-likeness (QED) is 0.571. The maximum absolute atomic E-state index is 12.8. The number of carboxylic acids is 1. The summed E-state index contributed by atoms with van der Waals surface area (Å²) < 4.78 is 37.8. The molecule has 0 aromatic heterocycles. The van der Waals surface area contributed by atoms with Crippen LogP contribution >= 0.6 is 11.6 Å². The summed E-state index contributed by atoms with van der Waals surface area (Å²) in [5.41, 5.74) is -0.996. The lowest BCUT2D eigenvalue weighted by Crippen LogP contribution is -2.04. The number of carboxylic acid groups (broad SMARTS) is 1. The summed E-state index contributed by atoms with van der Waals surface area (Å²) in [4.78, 5) is 10.2. The molecule has 1 N–H and O–H groups in total. The van der Waals surface area contributed by atoms with Crippen molar-refractivity contribution in [3.63, 3.8) is 0 Å². The second kappa shape index (κ2) is 3.26. The van der Waals surface area contributed by atoms with Crippen molar-refractivity contribution in [2.75, 3.05) is 0 Å². The maximum atomic E-state index is 12.8. The Morgan fingerprint density at radius 3 is 2.31 bits per heavy atom. The number of halogens is 4. The van der Waals surface area contributed by atoms with Gasteiger partial charge in [0.15, 0.2) is 17.5 Å². The Morgan fingerprint density at radius 1 is 1.31 bits per heavy atom. The van der Waals surface area contributed by atoms with Crippen LogP contribution in [0, 0.1) is 17.5 Å². The Labute approximate surface area is 75.6 Å². The van der Waals surface area contributed by atoms with Gasteiger partial charge in [-0.15, -0.1) is 0 Å². The number of aromatic carboxylic acids is 1. The van der Waals surface area contributed by atoms with E-state index in [-0.39, 0.29) is 6.07 Å². The van der Waals surface area contributed by atoms with Crippen LogP contribution in [0.5, 0.6) is 0 Å². The summed E-state index contributed by atoms with van der Waals surface area (Å²) in [5.74, 6) is -6.28. The maximum Gasteiger partial charge on any atom is 0.338 e. The molecule has 2 nitrogen and oxygen atoms in total. The molecule has 0 atom stereocenters. The average Bonchev–Trinajstić information content (AvgIpc) is 2.07. The zero-order valence-electron chi connectivity index (χ0n) is 5.94. The van der Waals surface area contributed by atoms with E-state index in [1.54, 1.807) is 0 Å². The molecule has 0 aliphatic heterocycles. The van der Waals surface area contributed by atoms with Gasteiger partial charge in [-0.3, -0.25) is 0 Å². The molecule has 0 fully saturated rings. The van der Waals surface area contributed by atoms with Gasteiger partial charge >= 0.3 is 5.97 Å². The van der Waals surface area contributed by atoms with E-state index >= 15 is 0 Å². The lowest BCUT2D eigenvalue weighted by molar-refractivity contribution is 0.0691. The normalized spacial score (nSPS) is 10.2. The van der Waals surface area contributed by atoms with Crippen LogP contribution in [0.1, 0.15) is 10.4 Å². The molecule has 0 aliphatic rings. The van der Waals surface area contributed by atoms with Gasteiger partial charge in [0.25, 0.3) is 0 Å². The lowest BCUT2D eigenvalue weighted by atomic mass is 10.2. The minimum absolute atomic E-state index is 0.235. The van der Waals surface area contributed by atoms with Gasteiger partial charge in [0.2, 0.25) is 0 Å². The predicted molar refractivity (Wildman–Crippen MR) is 38.3 cm³/mol. The van der Waals surface area contributed by atoms with Gasteiger partial charge < -0.3 is 5.11 Å². The zero-order chi connectivity index (χ0) is 10.2. The molecule has 0 saturated heterocycles. The molecule has 13 heavy (non-hydrogen) atoms. The average molecular weight is 211 g/mol. The molecular formula is C7H2ClF3O2. The predicted octanol–water partition coefficient (Wildman–Crippen LogP) is 2.46. The molecule has 70 valence electrons. The van der Waals surface area contributed by atoms with Crippen LogP contribution in [0.3, 0.4) is 0 Å². The molecular weight excluding hydrogens is 209 g/mol. The van der Waals surface area contributed by atoms with Gasteiger partial charge in [0.1, 0.15) is 5.02 Å². The van der Waals surface area contributed by atoms with Crippen LogP contribution in [-0.4, -0.2) is 11.1 Å². The van der Waals surface area contributed by atoms with Crippen LogP contribution in [0.25, 0.3) is 0 Å². The van der Waals surface area contributed by atoms with Gasteiger partial charge in [-0.1, -0.05) is 11.6 Å². The molecule has 1 aromatic rings. The highest BCUT2D eigenvalue weighted by Gasteiger charge is 2.20. The molecule has 0 aliphatic carbocycles. The topological polar surface area (TPSA) is 37.3 Å². The van der Waals surface area contributed by atoms with Crippen molar-refractivity contribution < 1.29 is 23.1 Å². The Hall–Kier alpha value is -1.23. The summed E-state index contributed by atoms with van der Waals surface area (Å²) in [5, 5.41) is 7.16. The first kappa shape index (κ1) is 9.85. The summed E-state index contributed by atoms with van der Waals surface area (Å²) in [6.07, 6.45) is 0. The Kier molecular flexibility index (Phi) is 2.47. The highest BCUT2D eigenvalue weighted by atomic mass is 35.5. The Balaban J connectivity index is 3.50. The number of carbonyl (C=O) groups is 1. The third-order valence-electron chi connectivity index (χ3n) is 1.33. The zero-order valence-corrected chi connectivity index (χ0v) is 6.70. The van der Waals surface area contributed by atoms with Gasteiger partial charge in [-0.25, -0.2) is 18.0 Å². The van der Waals surface area contributed by atoms with Crippen LogP contribution in [0.2, 0.25) is 5.02 Å². The minimum atomic E-state index is -1.71. The van der Waals surface area contributed by atoms with E-state index in [0.29, 0.717) is 0 Å². The van der Waals surface area contributed by atoms with Crippen LogP contribution in [0.15, 0.2) is 6.07 Å². The highest BCUT2D eigenvalue weighted by Crippen LogP contribution is 2.24. The van der Waals surface area contributed by atoms with Gasteiger partial charge in [0.05, 0.1) is 5.56 Å². The second-order valence-corrected chi connectivity index (χ2v) is 2.53. The van der Waals surface area contributed by atoms with E-state index in [2.05, 4.69) is 0 Å². The van der Waals surface area contributed by atoms with Crippen molar-refractivity contribution in [2.24, 2.45) is 0 Å². The standard InChI is InChI=1S/C7H2ClF3O2/c8-4-5(10)2(7(12)13)1-3(9)6(4)11/h1H,(H,12,13). The van der Waals surface area contributed by atoms with Crippen molar-refractivity contribution in [1.82, 2.24) is 0 Å². The fourth-order valence-corrected chi connectivity index (χ4v) is 0.921. The van der Waals surface area contributed by atoms with Crippen molar-refractivity contribution in [3.8, 4) is 0 Å². The summed E-state index contributed by atoms with van der Waals surface area (Å²) >= 11 is 4.98. The molecule has 0 unspecified atom stereocenters. The highest BCUT2D eigenvalue weighted by molar-refractivity contribution is 6.31. The molecule has 0 amide bonds. The summed E-state index contributed by atoms with van der Waals surface area (Å²) in [6.45, 7) is 0. The van der Waals surface area contributed by atoms with Crippen molar-refractivity contribution in [2.45, 2.75) is 0 Å². The minimum Gasteiger partial charge on any atom is -0.478 e. The van der Waals surface area contributed by atoms with E-state index in [1.165, 1.54) is 0 Å². The van der Waals surface area contributed by atoms with Crippen molar-refractivity contribution >= 4 is 17.6 Å². The number of hydrogen-bond acceptors (Lipinski definition) is 1. The SMILES string of the molecule is O=C(O)c1cc(F)c(F)c(Cl)c1F. The molecule has 6 heteroatoms. The smallest absolute Gasteiger partial charge is 0.338 e. The fourth-order valence-electron chi connectivity index (χ4n) is 0.728. The van der Waals surface area contributed by atoms with Crippen molar-refractivity contribution in [1.29, 1.82) is 0 Å². The first-order valence-electron chi connectivity index (χ1n) is 3.01. The Bertz CT molecular complexity index is 378. The number of rotatable bonds is 1. The molecule has 0 spiro atoms.